The van der Waals surface area contributed by atoms with Crippen LogP contribution in [0, 0.1) is 0 Å². The molecule has 0 amide bonds. The monoisotopic (exact) mass is 289 g/mol. The maximum absolute atomic E-state index is 12.1. The van der Waals surface area contributed by atoms with Crippen LogP contribution >= 0.6 is 11.6 Å². The lowest BCUT2D eigenvalue weighted by Crippen LogP contribution is -2.12. The van der Waals surface area contributed by atoms with Gasteiger partial charge in [0, 0.05) is 10.6 Å². The number of hydrogen-bond acceptors (Lipinski definition) is 5. The Labute approximate surface area is 117 Å². The Morgan fingerprint density at radius 3 is 2.70 bits per heavy atom. The number of rotatable bonds is 2. The Morgan fingerprint density at radius 2 is 2.05 bits per heavy atom. The lowest BCUT2D eigenvalue weighted by molar-refractivity contribution is 0.454. The molecule has 3 aromatic rings. The van der Waals surface area contributed by atoms with Gasteiger partial charge in [0.25, 0.3) is 5.56 Å². The van der Waals surface area contributed by atoms with Crippen molar-refractivity contribution in [1.29, 1.82) is 0 Å². The van der Waals surface area contributed by atoms with Gasteiger partial charge in [0.2, 0.25) is 5.88 Å². The fraction of sp³-hybridized carbons (Fsp3) is 0. The third-order valence-corrected chi connectivity index (χ3v) is 3.03. The molecule has 100 valence electrons. The molecule has 20 heavy (non-hydrogen) atoms. The van der Waals surface area contributed by atoms with Gasteiger partial charge in [-0.2, -0.15) is 20.4 Å². The number of hydrogen-bond donors (Lipinski definition) is 3. The fourth-order valence-corrected chi connectivity index (χ4v) is 2.04. The number of benzene rings is 1. The summed E-state index contributed by atoms with van der Waals surface area (Å²) in [5.74, 6) is -0.295. The molecule has 0 atom stereocenters. The average Bonchev–Trinajstić information content (AvgIpc) is 2.94. The fourth-order valence-electron chi connectivity index (χ4n) is 1.81. The molecule has 0 fully saturated rings. The van der Waals surface area contributed by atoms with Crippen molar-refractivity contribution in [3.05, 3.63) is 45.8 Å². The molecular weight excluding hydrogens is 282 g/mol. The first-order valence-electron chi connectivity index (χ1n) is 5.61. The lowest BCUT2D eigenvalue weighted by Gasteiger charge is -2.06. The Morgan fingerprint density at radius 1 is 1.25 bits per heavy atom. The first-order chi connectivity index (χ1) is 9.66. The molecule has 0 radical (unpaired) electrons. The molecule has 0 aliphatic carbocycles. The highest BCUT2D eigenvalue weighted by Gasteiger charge is 2.16. The van der Waals surface area contributed by atoms with E-state index in [0.29, 0.717) is 16.3 Å². The predicted molar refractivity (Wildman–Crippen MR) is 72.3 cm³/mol. The summed E-state index contributed by atoms with van der Waals surface area (Å²) in [6.45, 7) is 0. The number of nitrogens with one attached hydrogen (secondary N) is 2. The minimum atomic E-state index is -0.511. The zero-order valence-electron chi connectivity index (χ0n) is 9.96. The Hall–Kier alpha value is -2.67. The van der Waals surface area contributed by atoms with Crippen LogP contribution in [-0.2, 0) is 0 Å². The highest BCUT2D eigenvalue weighted by atomic mass is 35.5. The van der Waals surface area contributed by atoms with Gasteiger partial charge in [-0.3, -0.25) is 4.79 Å². The van der Waals surface area contributed by atoms with Gasteiger partial charge in [-0.25, -0.2) is 0 Å². The van der Waals surface area contributed by atoms with Gasteiger partial charge < -0.3 is 10.1 Å². The molecule has 7 nitrogen and oxygen atoms in total. The van der Waals surface area contributed by atoms with Gasteiger partial charge in [-0.05, 0) is 6.07 Å². The summed E-state index contributed by atoms with van der Waals surface area (Å²) in [7, 11) is 0. The molecule has 0 saturated heterocycles. The van der Waals surface area contributed by atoms with Gasteiger partial charge in [0.15, 0.2) is 5.82 Å². The minimum Gasteiger partial charge on any atom is -0.493 e. The Kier molecular flexibility index (Phi) is 2.96. The summed E-state index contributed by atoms with van der Waals surface area (Å²) in [6, 6.07) is 6.70. The minimum absolute atomic E-state index is 0.0165. The van der Waals surface area contributed by atoms with E-state index in [4.69, 9.17) is 11.6 Å². The zero-order chi connectivity index (χ0) is 14.1. The van der Waals surface area contributed by atoms with E-state index < -0.39 is 11.4 Å². The maximum Gasteiger partial charge on any atom is 0.263 e. The zero-order valence-corrected chi connectivity index (χ0v) is 10.7. The first kappa shape index (κ1) is 12.4. The molecule has 2 aromatic heterocycles. The molecule has 0 spiro atoms. The average molecular weight is 290 g/mol. The Bertz CT molecular complexity index is 813. The van der Waals surface area contributed by atoms with Gasteiger partial charge in [0.1, 0.15) is 11.3 Å². The van der Waals surface area contributed by atoms with Crippen molar-refractivity contribution in [2.75, 3.05) is 0 Å². The number of aromatic nitrogens is 5. The van der Waals surface area contributed by atoms with Crippen molar-refractivity contribution in [1.82, 2.24) is 25.4 Å². The second-order valence-corrected chi connectivity index (χ2v) is 4.36. The summed E-state index contributed by atoms with van der Waals surface area (Å²) in [5, 5.41) is 20.1. The third kappa shape index (κ3) is 2.04. The topological polar surface area (TPSA) is 108 Å². The molecule has 0 aliphatic rings. The maximum atomic E-state index is 12.1. The summed E-state index contributed by atoms with van der Waals surface area (Å²) < 4.78 is 0. The van der Waals surface area contributed by atoms with Crippen LogP contribution in [0.4, 0.5) is 0 Å². The smallest absolute Gasteiger partial charge is 0.263 e. The molecule has 0 aliphatic heterocycles. The van der Waals surface area contributed by atoms with E-state index in [1.54, 1.807) is 24.3 Å². The number of H-pyrrole nitrogens is 2. The molecular formula is C12H8ClN5O2. The van der Waals surface area contributed by atoms with Crippen LogP contribution < -0.4 is 5.56 Å². The normalized spacial score (nSPS) is 10.7. The quantitative estimate of drug-likeness (QED) is 0.664. The second-order valence-electron chi connectivity index (χ2n) is 3.95. The molecule has 0 unspecified atom stereocenters. The molecule has 3 rings (SSSR count). The van der Waals surface area contributed by atoms with Crippen molar-refractivity contribution in [2.24, 2.45) is 0 Å². The summed E-state index contributed by atoms with van der Waals surface area (Å²) in [6.07, 6.45) is 1.38. The number of aromatic hydroxyl groups is 1. The highest BCUT2D eigenvalue weighted by Crippen LogP contribution is 2.30. The van der Waals surface area contributed by atoms with E-state index in [1.807, 2.05) is 0 Å². The molecule has 2 heterocycles. The van der Waals surface area contributed by atoms with E-state index in [-0.39, 0.29) is 11.4 Å². The van der Waals surface area contributed by atoms with E-state index in [9.17, 15) is 9.90 Å². The standard InChI is InChI=1S/C12H8ClN5O2/c13-7-4-2-1-3-6(7)9-11(19)15-10(16-12(9)20)8-5-14-18-17-8/h1-5H,(H,14,17,18)(H2,15,16,19,20). The van der Waals surface area contributed by atoms with Gasteiger partial charge >= 0.3 is 0 Å². The van der Waals surface area contributed by atoms with E-state index in [2.05, 4.69) is 25.4 Å². The van der Waals surface area contributed by atoms with Crippen LogP contribution in [0.3, 0.4) is 0 Å². The molecule has 1 aromatic carbocycles. The van der Waals surface area contributed by atoms with Gasteiger partial charge in [-0.15, -0.1) is 0 Å². The third-order valence-electron chi connectivity index (χ3n) is 2.70. The van der Waals surface area contributed by atoms with Crippen molar-refractivity contribution in [3.63, 3.8) is 0 Å². The van der Waals surface area contributed by atoms with Crippen LogP contribution in [0.5, 0.6) is 5.88 Å². The van der Waals surface area contributed by atoms with Gasteiger partial charge in [0.05, 0.1) is 6.20 Å². The SMILES string of the molecule is O=c1[nH]c(-c2cn[nH]n2)nc(O)c1-c1ccccc1Cl. The van der Waals surface area contributed by atoms with E-state index >= 15 is 0 Å². The van der Waals surface area contributed by atoms with Crippen molar-refractivity contribution >= 4 is 11.6 Å². The summed E-state index contributed by atoms with van der Waals surface area (Å²) in [4.78, 5) is 18.6. The number of aromatic amines is 2. The lowest BCUT2D eigenvalue weighted by atomic mass is 10.1. The van der Waals surface area contributed by atoms with E-state index in [0.717, 1.165) is 0 Å². The molecule has 0 saturated carbocycles. The predicted octanol–water partition coefficient (Wildman–Crippen LogP) is 1.58. The van der Waals surface area contributed by atoms with Crippen LogP contribution in [0.25, 0.3) is 22.6 Å². The molecule has 3 N–H and O–H groups in total. The summed E-state index contributed by atoms with van der Waals surface area (Å²) >= 11 is 6.02. The molecule has 8 heteroatoms. The van der Waals surface area contributed by atoms with Crippen molar-refractivity contribution in [3.8, 4) is 28.5 Å². The second kappa shape index (κ2) is 4.78. The van der Waals surface area contributed by atoms with Crippen LogP contribution in [0.2, 0.25) is 5.02 Å². The molecule has 0 bridgehead atoms. The van der Waals surface area contributed by atoms with Crippen LogP contribution in [0.15, 0.2) is 35.3 Å². The van der Waals surface area contributed by atoms with Gasteiger partial charge in [-0.1, -0.05) is 29.8 Å². The highest BCUT2D eigenvalue weighted by molar-refractivity contribution is 6.33. The summed E-state index contributed by atoms with van der Waals surface area (Å²) in [5.41, 5.74) is 0.238. The Balaban J connectivity index is 2.20. The van der Waals surface area contributed by atoms with E-state index in [1.165, 1.54) is 6.20 Å². The largest absolute Gasteiger partial charge is 0.493 e. The van der Waals surface area contributed by atoms with Crippen molar-refractivity contribution < 1.29 is 5.11 Å². The van der Waals surface area contributed by atoms with Crippen LogP contribution in [-0.4, -0.2) is 30.5 Å². The first-order valence-corrected chi connectivity index (χ1v) is 5.99. The number of halogens is 1. The van der Waals surface area contributed by atoms with Crippen molar-refractivity contribution in [2.45, 2.75) is 0 Å². The number of nitrogens with zero attached hydrogens (tertiary/aromatic N) is 3. The van der Waals surface area contributed by atoms with Crippen LogP contribution in [0.1, 0.15) is 0 Å².